The third-order valence-electron chi connectivity index (χ3n) is 2.41. The molecule has 1 atom stereocenters. The Morgan fingerprint density at radius 1 is 1.35 bits per heavy atom. The molecule has 94 valence electrons. The fourth-order valence-corrected chi connectivity index (χ4v) is 1.36. The molecule has 0 aromatic heterocycles. The summed E-state index contributed by atoms with van der Waals surface area (Å²) in [4.78, 5) is 11.4. The molecule has 1 N–H and O–H groups in total. The summed E-state index contributed by atoms with van der Waals surface area (Å²) in [7, 11) is 1.64. The number of hydrogen-bond donors (Lipinski definition) is 1. The number of methoxy groups -OCH3 is 1. The first kappa shape index (κ1) is 13.5. The van der Waals surface area contributed by atoms with Gasteiger partial charge in [-0.3, -0.25) is 4.79 Å². The summed E-state index contributed by atoms with van der Waals surface area (Å²) in [6.45, 7) is 4.63. The van der Waals surface area contributed by atoms with E-state index >= 15 is 0 Å². The van der Waals surface area contributed by atoms with Crippen molar-refractivity contribution in [3.05, 3.63) is 29.8 Å². The van der Waals surface area contributed by atoms with Crippen LogP contribution in [-0.2, 0) is 16.1 Å². The van der Waals surface area contributed by atoms with E-state index < -0.39 is 0 Å². The molecule has 4 heteroatoms. The second kappa shape index (κ2) is 6.91. The van der Waals surface area contributed by atoms with Gasteiger partial charge in [-0.15, -0.1) is 0 Å². The highest BCUT2D eigenvalue weighted by atomic mass is 16.5. The summed E-state index contributed by atoms with van der Waals surface area (Å²) >= 11 is 0. The van der Waals surface area contributed by atoms with Crippen molar-refractivity contribution in [2.45, 2.75) is 26.4 Å². The first-order valence-corrected chi connectivity index (χ1v) is 5.70. The normalized spacial score (nSPS) is 11.9. The third-order valence-corrected chi connectivity index (χ3v) is 2.41. The van der Waals surface area contributed by atoms with Gasteiger partial charge in [0.05, 0.1) is 13.7 Å². The molecule has 1 aromatic carbocycles. The molecule has 17 heavy (non-hydrogen) atoms. The van der Waals surface area contributed by atoms with E-state index in [0.717, 1.165) is 11.3 Å². The number of carbonyl (C=O) groups excluding carboxylic acids is 1. The van der Waals surface area contributed by atoms with Gasteiger partial charge in [-0.05, 0) is 31.5 Å². The highest BCUT2D eigenvalue weighted by molar-refractivity contribution is 5.75. The lowest BCUT2D eigenvalue weighted by Crippen LogP contribution is -2.34. The van der Waals surface area contributed by atoms with Crippen molar-refractivity contribution < 1.29 is 14.3 Å². The molecule has 0 radical (unpaired) electrons. The zero-order valence-corrected chi connectivity index (χ0v) is 10.5. The number of carbonyl (C=O) groups is 1. The second-order valence-corrected chi connectivity index (χ2v) is 3.70. The topological polar surface area (TPSA) is 47.6 Å². The van der Waals surface area contributed by atoms with E-state index in [1.165, 1.54) is 0 Å². The molecule has 0 amide bonds. The average molecular weight is 237 g/mol. The van der Waals surface area contributed by atoms with Crippen LogP contribution in [0.15, 0.2) is 24.3 Å². The summed E-state index contributed by atoms with van der Waals surface area (Å²) < 4.78 is 9.98. The molecule has 0 fully saturated rings. The largest absolute Gasteiger partial charge is 0.497 e. The number of esters is 1. The van der Waals surface area contributed by atoms with Crippen LogP contribution in [0.25, 0.3) is 0 Å². The first-order chi connectivity index (χ1) is 8.17. The predicted octanol–water partition coefficient (Wildman–Crippen LogP) is 1.74. The van der Waals surface area contributed by atoms with E-state index in [4.69, 9.17) is 9.47 Å². The highest BCUT2D eigenvalue weighted by Crippen LogP contribution is 2.11. The quantitative estimate of drug-likeness (QED) is 0.765. The number of hydrogen-bond acceptors (Lipinski definition) is 4. The maximum Gasteiger partial charge on any atom is 0.322 e. The van der Waals surface area contributed by atoms with Gasteiger partial charge >= 0.3 is 5.97 Å². The van der Waals surface area contributed by atoms with Crippen LogP contribution in [-0.4, -0.2) is 25.7 Å². The molecule has 1 rings (SSSR count). The van der Waals surface area contributed by atoms with Crippen LogP contribution >= 0.6 is 0 Å². The monoisotopic (exact) mass is 237 g/mol. The molecule has 4 nitrogen and oxygen atoms in total. The van der Waals surface area contributed by atoms with Crippen LogP contribution < -0.4 is 10.1 Å². The van der Waals surface area contributed by atoms with Gasteiger partial charge in [0, 0.05) is 6.54 Å². The van der Waals surface area contributed by atoms with Gasteiger partial charge in [0.15, 0.2) is 0 Å². The Balaban J connectivity index is 2.41. The van der Waals surface area contributed by atoms with Crippen molar-refractivity contribution >= 4 is 5.97 Å². The molecular weight excluding hydrogens is 218 g/mol. The van der Waals surface area contributed by atoms with E-state index in [1.807, 2.05) is 24.3 Å². The Bertz CT molecular complexity index is 348. The number of benzene rings is 1. The molecule has 0 aliphatic heterocycles. The SMILES string of the molecule is CCOC(=O)C(C)NCc1ccc(OC)cc1. The Hall–Kier alpha value is -1.55. The van der Waals surface area contributed by atoms with Crippen LogP contribution in [0.3, 0.4) is 0 Å². The lowest BCUT2D eigenvalue weighted by atomic mass is 10.2. The zero-order valence-electron chi connectivity index (χ0n) is 10.5. The summed E-state index contributed by atoms with van der Waals surface area (Å²) in [6.07, 6.45) is 0. The van der Waals surface area contributed by atoms with Crippen LogP contribution in [0.4, 0.5) is 0 Å². The second-order valence-electron chi connectivity index (χ2n) is 3.70. The summed E-state index contributed by atoms with van der Waals surface area (Å²) in [6, 6.07) is 7.42. The molecule has 0 saturated heterocycles. The van der Waals surface area contributed by atoms with Gasteiger partial charge in [-0.25, -0.2) is 0 Å². The van der Waals surface area contributed by atoms with Gasteiger partial charge in [0.25, 0.3) is 0 Å². The summed E-state index contributed by atoms with van der Waals surface area (Å²) in [5.74, 6) is 0.605. The van der Waals surface area contributed by atoms with Gasteiger partial charge in [-0.2, -0.15) is 0 Å². The van der Waals surface area contributed by atoms with E-state index in [2.05, 4.69) is 5.32 Å². The molecule has 0 aliphatic rings. The first-order valence-electron chi connectivity index (χ1n) is 5.70. The maximum atomic E-state index is 11.4. The minimum Gasteiger partial charge on any atom is -0.497 e. The van der Waals surface area contributed by atoms with Gasteiger partial charge in [-0.1, -0.05) is 12.1 Å². The lowest BCUT2D eigenvalue weighted by molar-refractivity contribution is -0.145. The van der Waals surface area contributed by atoms with Gasteiger partial charge in [0.1, 0.15) is 11.8 Å². The fourth-order valence-electron chi connectivity index (χ4n) is 1.36. The number of rotatable bonds is 6. The fraction of sp³-hybridized carbons (Fsp3) is 0.462. The zero-order chi connectivity index (χ0) is 12.7. The smallest absolute Gasteiger partial charge is 0.322 e. The van der Waals surface area contributed by atoms with Crippen LogP contribution in [0.2, 0.25) is 0 Å². The van der Waals surface area contributed by atoms with Crippen molar-refractivity contribution in [3.8, 4) is 5.75 Å². The molecule has 0 saturated carbocycles. The Morgan fingerprint density at radius 2 is 2.00 bits per heavy atom. The minimum atomic E-state index is -0.294. The number of ether oxygens (including phenoxy) is 2. The van der Waals surface area contributed by atoms with Crippen molar-refractivity contribution in [1.82, 2.24) is 5.32 Å². The van der Waals surface area contributed by atoms with Crippen molar-refractivity contribution in [2.24, 2.45) is 0 Å². The average Bonchev–Trinajstić information content (AvgIpc) is 2.36. The molecule has 1 unspecified atom stereocenters. The molecule has 0 heterocycles. The highest BCUT2D eigenvalue weighted by Gasteiger charge is 2.12. The van der Waals surface area contributed by atoms with E-state index in [1.54, 1.807) is 21.0 Å². The summed E-state index contributed by atoms with van der Waals surface area (Å²) in [5, 5.41) is 3.11. The van der Waals surface area contributed by atoms with Crippen LogP contribution in [0.5, 0.6) is 5.75 Å². The molecule has 0 spiro atoms. The molecule has 0 aliphatic carbocycles. The Labute approximate surface area is 102 Å². The van der Waals surface area contributed by atoms with Crippen molar-refractivity contribution in [1.29, 1.82) is 0 Å². The van der Waals surface area contributed by atoms with E-state index in [0.29, 0.717) is 13.2 Å². The van der Waals surface area contributed by atoms with Gasteiger partial charge in [0.2, 0.25) is 0 Å². The minimum absolute atomic E-state index is 0.221. The number of nitrogens with one attached hydrogen (secondary N) is 1. The van der Waals surface area contributed by atoms with Gasteiger partial charge < -0.3 is 14.8 Å². The van der Waals surface area contributed by atoms with Crippen molar-refractivity contribution in [3.63, 3.8) is 0 Å². The van der Waals surface area contributed by atoms with Crippen molar-refractivity contribution in [2.75, 3.05) is 13.7 Å². The Kier molecular flexibility index (Phi) is 5.49. The molecular formula is C13H19NO3. The summed E-state index contributed by atoms with van der Waals surface area (Å²) in [5.41, 5.74) is 1.10. The van der Waals surface area contributed by atoms with Crippen LogP contribution in [0, 0.1) is 0 Å². The standard InChI is InChI=1S/C13H19NO3/c1-4-17-13(15)10(2)14-9-11-5-7-12(16-3)8-6-11/h5-8,10,14H,4,9H2,1-3H3. The van der Waals surface area contributed by atoms with Crippen LogP contribution in [0.1, 0.15) is 19.4 Å². The van der Waals surface area contributed by atoms with E-state index in [-0.39, 0.29) is 12.0 Å². The third kappa shape index (κ3) is 4.44. The molecule has 1 aromatic rings. The van der Waals surface area contributed by atoms with E-state index in [9.17, 15) is 4.79 Å². The molecule has 0 bridgehead atoms. The lowest BCUT2D eigenvalue weighted by Gasteiger charge is -2.12. The predicted molar refractivity (Wildman–Crippen MR) is 65.9 cm³/mol. The maximum absolute atomic E-state index is 11.4. The Morgan fingerprint density at radius 3 is 2.53 bits per heavy atom.